The molecule has 39 heavy (non-hydrogen) atoms. The number of hydrogen-bond acceptors (Lipinski definition) is 5. The third-order valence-electron chi connectivity index (χ3n) is 8.70. The van der Waals surface area contributed by atoms with Gasteiger partial charge in [-0.25, -0.2) is 0 Å². The lowest BCUT2D eigenvalue weighted by atomic mass is 9.94. The van der Waals surface area contributed by atoms with Gasteiger partial charge in [-0.3, -0.25) is 19.1 Å². The van der Waals surface area contributed by atoms with Crippen molar-refractivity contribution >= 4 is 23.4 Å². The van der Waals surface area contributed by atoms with Crippen LogP contribution in [0.25, 0.3) is 0 Å². The minimum absolute atomic E-state index is 0.129. The predicted molar refractivity (Wildman–Crippen MR) is 151 cm³/mol. The summed E-state index contributed by atoms with van der Waals surface area (Å²) in [7, 11) is 0. The highest BCUT2D eigenvalue weighted by Gasteiger charge is 2.48. The first-order valence-electron chi connectivity index (χ1n) is 14.5. The van der Waals surface area contributed by atoms with Crippen molar-refractivity contribution in [2.24, 2.45) is 0 Å². The number of rotatable bonds is 7. The van der Waals surface area contributed by atoms with E-state index in [1.54, 1.807) is 15.6 Å². The summed E-state index contributed by atoms with van der Waals surface area (Å²) in [6.07, 6.45) is 5.92. The summed E-state index contributed by atoms with van der Waals surface area (Å²) >= 11 is 0. The normalized spacial score (nSPS) is 21.8. The number of benzene rings is 1. The van der Waals surface area contributed by atoms with E-state index in [0.29, 0.717) is 25.3 Å². The molecule has 0 bridgehead atoms. The Balaban J connectivity index is 1.32. The lowest BCUT2D eigenvalue weighted by Crippen LogP contribution is -2.65. The molecule has 0 unspecified atom stereocenters. The molecule has 2 aromatic rings. The number of hydrogen-bond donors (Lipinski definition) is 1. The molecule has 3 amide bonds. The Hall–Kier alpha value is -3.36. The second kappa shape index (κ2) is 11.0. The largest absolute Gasteiger partial charge is 0.368 e. The van der Waals surface area contributed by atoms with Crippen molar-refractivity contribution in [2.45, 2.75) is 84.3 Å². The van der Waals surface area contributed by atoms with Gasteiger partial charge in [-0.1, -0.05) is 38.3 Å². The van der Waals surface area contributed by atoms with Gasteiger partial charge in [0.15, 0.2) is 5.69 Å². The van der Waals surface area contributed by atoms with Crippen LogP contribution in [0.5, 0.6) is 0 Å². The van der Waals surface area contributed by atoms with Crippen molar-refractivity contribution in [2.75, 3.05) is 37.6 Å². The number of aryl methyl sites for hydroxylation is 2. The quantitative estimate of drug-likeness (QED) is 0.587. The Morgan fingerprint density at radius 3 is 2.49 bits per heavy atom. The van der Waals surface area contributed by atoms with Gasteiger partial charge in [-0.2, -0.15) is 5.10 Å². The van der Waals surface area contributed by atoms with Gasteiger partial charge in [0.25, 0.3) is 11.8 Å². The van der Waals surface area contributed by atoms with Crippen molar-refractivity contribution < 1.29 is 14.4 Å². The molecular weight excluding hydrogens is 492 g/mol. The van der Waals surface area contributed by atoms with E-state index in [2.05, 4.69) is 54.3 Å². The van der Waals surface area contributed by atoms with E-state index in [-0.39, 0.29) is 36.0 Å². The fourth-order valence-corrected chi connectivity index (χ4v) is 6.20. The number of unbranched alkanes of at least 4 members (excludes halogenated alkanes) is 1. The highest BCUT2D eigenvalue weighted by atomic mass is 16.2. The number of carbonyl (C=O) groups excluding carboxylic acids is 3. The Kier molecular flexibility index (Phi) is 7.69. The van der Waals surface area contributed by atoms with E-state index >= 15 is 0 Å². The summed E-state index contributed by atoms with van der Waals surface area (Å²) in [5.74, 6) is -0.525. The first kappa shape index (κ1) is 27.2. The Morgan fingerprint density at radius 1 is 1.08 bits per heavy atom. The minimum atomic E-state index is -1.05. The maximum absolute atomic E-state index is 13.7. The average Bonchev–Trinajstić information content (AvgIpc) is 3.60. The van der Waals surface area contributed by atoms with Crippen LogP contribution in [-0.4, -0.2) is 81.6 Å². The number of carbonyl (C=O) groups is 3. The van der Waals surface area contributed by atoms with Crippen molar-refractivity contribution in [1.82, 2.24) is 24.9 Å². The first-order chi connectivity index (χ1) is 18.7. The van der Waals surface area contributed by atoms with Gasteiger partial charge in [0.05, 0.1) is 6.54 Å². The molecular formula is C30H42N6O3. The number of nitrogens with one attached hydrogen (secondary N) is 1. The van der Waals surface area contributed by atoms with Gasteiger partial charge in [0.2, 0.25) is 5.91 Å². The summed E-state index contributed by atoms with van der Waals surface area (Å²) in [4.78, 5) is 46.6. The van der Waals surface area contributed by atoms with Crippen LogP contribution in [0.15, 0.2) is 24.3 Å². The molecule has 3 heterocycles. The lowest BCUT2D eigenvalue weighted by Gasteiger charge is -2.43. The molecule has 9 heteroatoms. The smallest absolute Gasteiger partial charge is 0.274 e. The molecule has 1 saturated carbocycles. The molecule has 0 radical (unpaired) electrons. The maximum Gasteiger partial charge on any atom is 0.274 e. The molecule has 210 valence electrons. The molecule has 1 aromatic heterocycles. The second-order valence-corrected chi connectivity index (χ2v) is 11.7. The van der Waals surface area contributed by atoms with Crippen LogP contribution in [-0.2, 0) is 11.3 Å². The van der Waals surface area contributed by atoms with Gasteiger partial charge < -0.3 is 20.0 Å². The third-order valence-corrected chi connectivity index (χ3v) is 8.70. The zero-order chi connectivity index (χ0) is 27.7. The SMILES string of the molecule is CCCCN1C(=O)c2cc(C(=O)N3CCN(c4cc(C)ccc4C)CC3)nn2C[C@]1(C)C(=O)NC1CCCC1. The fourth-order valence-electron chi connectivity index (χ4n) is 6.20. The lowest BCUT2D eigenvalue weighted by molar-refractivity contribution is -0.133. The molecule has 1 aliphatic carbocycles. The van der Waals surface area contributed by atoms with E-state index < -0.39 is 5.54 Å². The molecule has 1 aromatic carbocycles. The highest BCUT2D eigenvalue weighted by molar-refractivity contribution is 6.02. The van der Waals surface area contributed by atoms with Crippen LogP contribution in [0.4, 0.5) is 5.69 Å². The van der Waals surface area contributed by atoms with Gasteiger partial charge >= 0.3 is 0 Å². The second-order valence-electron chi connectivity index (χ2n) is 11.7. The van der Waals surface area contributed by atoms with E-state index in [9.17, 15) is 14.4 Å². The van der Waals surface area contributed by atoms with Gasteiger partial charge in [0, 0.05) is 50.5 Å². The summed E-state index contributed by atoms with van der Waals surface area (Å²) in [5, 5.41) is 7.79. The van der Waals surface area contributed by atoms with E-state index in [0.717, 1.165) is 51.6 Å². The summed E-state index contributed by atoms with van der Waals surface area (Å²) < 4.78 is 1.58. The molecule has 1 atom stereocenters. The summed E-state index contributed by atoms with van der Waals surface area (Å²) in [6.45, 7) is 11.5. The van der Waals surface area contributed by atoms with Crippen molar-refractivity contribution in [1.29, 1.82) is 0 Å². The van der Waals surface area contributed by atoms with Crippen LogP contribution >= 0.6 is 0 Å². The predicted octanol–water partition coefficient (Wildman–Crippen LogP) is 3.54. The van der Waals surface area contributed by atoms with E-state index in [1.807, 2.05) is 11.8 Å². The van der Waals surface area contributed by atoms with Crippen molar-refractivity contribution in [3.8, 4) is 0 Å². The van der Waals surface area contributed by atoms with Crippen LogP contribution < -0.4 is 10.2 Å². The zero-order valence-corrected chi connectivity index (χ0v) is 23.8. The fraction of sp³-hybridized carbons (Fsp3) is 0.600. The minimum Gasteiger partial charge on any atom is -0.368 e. The molecule has 5 rings (SSSR count). The van der Waals surface area contributed by atoms with Crippen molar-refractivity contribution in [3.05, 3.63) is 46.8 Å². The van der Waals surface area contributed by atoms with Crippen LogP contribution in [0.3, 0.4) is 0 Å². The number of piperazine rings is 1. The monoisotopic (exact) mass is 534 g/mol. The topological polar surface area (TPSA) is 90.8 Å². The van der Waals surface area contributed by atoms with E-state index in [1.165, 1.54) is 16.8 Å². The molecule has 1 N–H and O–H groups in total. The van der Waals surface area contributed by atoms with E-state index in [4.69, 9.17) is 0 Å². The molecule has 1 saturated heterocycles. The zero-order valence-electron chi connectivity index (χ0n) is 23.8. The van der Waals surface area contributed by atoms with Crippen LogP contribution in [0, 0.1) is 13.8 Å². The molecule has 3 aliphatic rings. The van der Waals surface area contributed by atoms with Crippen LogP contribution in [0.2, 0.25) is 0 Å². The Morgan fingerprint density at radius 2 is 1.79 bits per heavy atom. The number of fused-ring (bicyclic) bond motifs is 1. The number of anilines is 1. The number of amides is 3. The summed E-state index contributed by atoms with van der Waals surface area (Å²) in [6, 6.07) is 8.24. The van der Waals surface area contributed by atoms with Gasteiger partial charge in [-0.05, 0) is 57.2 Å². The molecule has 2 aliphatic heterocycles. The number of aromatic nitrogens is 2. The average molecular weight is 535 g/mol. The Bertz CT molecular complexity index is 1240. The van der Waals surface area contributed by atoms with Gasteiger partial charge in [0.1, 0.15) is 11.2 Å². The maximum atomic E-state index is 13.7. The highest BCUT2D eigenvalue weighted by Crippen LogP contribution is 2.30. The molecule has 9 nitrogen and oxygen atoms in total. The molecule has 2 fully saturated rings. The molecule has 0 spiro atoms. The standard InChI is InChI=1S/C30H42N6O3/c1-5-6-13-35-28(38)26-19-24(32-36(26)20-30(35,4)29(39)31-23-9-7-8-10-23)27(37)34-16-14-33(15-17-34)25-18-21(2)11-12-22(25)3/h11-12,18-19,23H,5-10,13-17,20H2,1-4H3,(H,31,39)/t30-/m1/s1. The first-order valence-corrected chi connectivity index (χ1v) is 14.5. The summed E-state index contributed by atoms with van der Waals surface area (Å²) in [5.41, 5.74) is 3.27. The van der Waals surface area contributed by atoms with Crippen LogP contribution in [0.1, 0.15) is 84.5 Å². The van der Waals surface area contributed by atoms with Gasteiger partial charge in [-0.15, -0.1) is 0 Å². The van der Waals surface area contributed by atoms with Crippen molar-refractivity contribution in [3.63, 3.8) is 0 Å². The third kappa shape index (κ3) is 5.28. The number of nitrogens with zero attached hydrogens (tertiary/aromatic N) is 5. The Labute approximate surface area is 231 Å².